The van der Waals surface area contributed by atoms with Crippen LogP contribution in [0.15, 0.2) is 91.0 Å². The quantitative estimate of drug-likeness (QED) is 0.250. The number of ketones is 2. The van der Waals surface area contributed by atoms with Crippen molar-refractivity contribution in [3.05, 3.63) is 130 Å². The molecule has 3 aromatic carbocycles. The van der Waals surface area contributed by atoms with Gasteiger partial charge in [0.2, 0.25) is 0 Å². The Labute approximate surface area is 235 Å². The van der Waals surface area contributed by atoms with Gasteiger partial charge in [0.1, 0.15) is 5.82 Å². The summed E-state index contributed by atoms with van der Waals surface area (Å²) in [5.41, 5.74) is 9.30. The Bertz CT molecular complexity index is 1580. The van der Waals surface area contributed by atoms with E-state index in [1.54, 1.807) is 12.1 Å². The van der Waals surface area contributed by atoms with Gasteiger partial charge in [0, 0.05) is 12.8 Å². The van der Waals surface area contributed by atoms with E-state index in [4.69, 9.17) is 0 Å². The summed E-state index contributed by atoms with van der Waals surface area (Å²) < 4.78 is 13.2. The Morgan fingerprint density at radius 3 is 2.15 bits per heavy atom. The predicted molar refractivity (Wildman–Crippen MR) is 157 cm³/mol. The Kier molecular flexibility index (Phi) is 6.26. The molecular formula is C37H33FO2. The second kappa shape index (κ2) is 9.96. The fourth-order valence-electron chi connectivity index (χ4n) is 6.59. The molecule has 0 amide bonds. The van der Waals surface area contributed by atoms with E-state index in [2.05, 4.69) is 54.6 Å². The van der Waals surface area contributed by atoms with Crippen molar-refractivity contribution >= 4 is 22.7 Å². The molecule has 200 valence electrons. The first-order chi connectivity index (χ1) is 19.5. The van der Waals surface area contributed by atoms with Crippen LogP contribution in [-0.4, -0.2) is 11.6 Å². The van der Waals surface area contributed by atoms with Gasteiger partial charge in [-0.05, 0) is 113 Å². The number of carbonyl (C=O) groups is 2. The lowest BCUT2D eigenvalue weighted by atomic mass is 9.85. The van der Waals surface area contributed by atoms with Crippen LogP contribution in [0.2, 0.25) is 0 Å². The van der Waals surface area contributed by atoms with E-state index in [1.165, 1.54) is 52.0 Å². The average molecular weight is 529 g/mol. The lowest BCUT2D eigenvalue weighted by molar-refractivity contribution is -0.133. The largest absolute Gasteiger partial charge is 0.298 e. The molecule has 0 saturated heterocycles. The van der Waals surface area contributed by atoms with Gasteiger partial charge >= 0.3 is 0 Å². The highest BCUT2D eigenvalue weighted by molar-refractivity contribution is 6.10. The molecule has 4 aliphatic rings. The van der Waals surface area contributed by atoms with Gasteiger partial charge in [-0.25, -0.2) is 4.39 Å². The van der Waals surface area contributed by atoms with Crippen LogP contribution in [0.3, 0.4) is 0 Å². The van der Waals surface area contributed by atoms with Crippen LogP contribution in [0.4, 0.5) is 4.39 Å². The molecule has 0 aliphatic heterocycles. The second-order valence-corrected chi connectivity index (χ2v) is 12.0. The number of allylic oxidation sites excluding steroid dienone is 6. The van der Waals surface area contributed by atoms with Gasteiger partial charge in [-0.2, -0.15) is 0 Å². The lowest BCUT2D eigenvalue weighted by Gasteiger charge is -2.19. The van der Waals surface area contributed by atoms with Crippen LogP contribution in [0.25, 0.3) is 11.1 Å². The minimum Gasteiger partial charge on any atom is -0.298 e. The first kappa shape index (κ1) is 25.1. The number of halogens is 1. The Morgan fingerprint density at radius 1 is 0.825 bits per heavy atom. The normalized spacial score (nSPS) is 21.2. The van der Waals surface area contributed by atoms with Crippen molar-refractivity contribution in [1.29, 1.82) is 0 Å². The topological polar surface area (TPSA) is 34.1 Å². The molecule has 0 heterocycles. The second-order valence-electron chi connectivity index (χ2n) is 12.0. The van der Waals surface area contributed by atoms with Crippen LogP contribution in [0.1, 0.15) is 71.4 Å². The molecule has 3 heteroatoms. The molecule has 40 heavy (non-hydrogen) atoms. The van der Waals surface area contributed by atoms with E-state index in [0.717, 1.165) is 30.4 Å². The Balaban J connectivity index is 0.985. The third kappa shape index (κ3) is 4.83. The van der Waals surface area contributed by atoms with E-state index < -0.39 is 5.41 Å². The smallest absolute Gasteiger partial charge is 0.150 e. The number of rotatable bonds is 10. The highest BCUT2D eigenvalue weighted by Gasteiger charge is 2.54. The molecule has 0 aromatic heterocycles. The highest BCUT2D eigenvalue weighted by atomic mass is 19.1. The van der Waals surface area contributed by atoms with Crippen molar-refractivity contribution in [2.24, 2.45) is 11.3 Å². The van der Waals surface area contributed by atoms with E-state index in [1.807, 2.05) is 12.1 Å². The van der Waals surface area contributed by atoms with Crippen LogP contribution < -0.4 is 0 Å². The SMILES string of the molecule is O=C(Cc1ccc(F)cc1)C1(C(=O)Cc2ccc(CCC3=CC4CC4c4ccc(C5=CC=CC5)cc43)cc2)CC1. The molecule has 3 aromatic rings. The summed E-state index contributed by atoms with van der Waals surface area (Å²) in [4.78, 5) is 26.2. The lowest BCUT2D eigenvalue weighted by Crippen LogP contribution is -2.28. The fraction of sp³-hybridized carbons (Fsp3) is 0.297. The number of hydrogen-bond donors (Lipinski definition) is 0. The number of aryl methyl sites for hydroxylation is 1. The molecule has 2 atom stereocenters. The zero-order valence-corrected chi connectivity index (χ0v) is 22.7. The molecule has 4 aliphatic carbocycles. The predicted octanol–water partition coefficient (Wildman–Crippen LogP) is 8.01. The van der Waals surface area contributed by atoms with Crippen LogP contribution in [-0.2, 0) is 28.9 Å². The summed E-state index contributed by atoms with van der Waals surface area (Å²) >= 11 is 0. The van der Waals surface area contributed by atoms with Gasteiger partial charge in [-0.3, -0.25) is 9.59 Å². The maximum atomic E-state index is 13.2. The maximum absolute atomic E-state index is 13.2. The van der Waals surface area contributed by atoms with Crippen molar-refractivity contribution in [2.75, 3.05) is 0 Å². The Hall–Kier alpha value is -3.85. The van der Waals surface area contributed by atoms with Gasteiger partial charge < -0.3 is 0 Å². The Morgan fingerprint density at radius 2 is 1.50 bits per heavy atom. The van der Waals surface area contributed by atoms with Gasteiger partial charge in [0.05, 0.1) is 5.41 Å². The van der Waals surface area contributed by atoms with E-state index in [0.29, 0.717) is 24.7 Å². The molecule has 0 spiro atoms. The summed E-state index contributed by atoms with van der Waals surface area (Å²) in [5, 5.41) is 0. The zero-order valence-electron chi connectivity index (χ0n) is 22.7. The van der Waals surface area contributed by atoms with Crippen molar-refractivity contribution in [1.82, 2.24) is 0 Å². The molecule has 2 fully saturated rings. The molecule has 2 saturated carbocycles. The molecule has 2 nitrogen and oxygen atoms in total. The van der Waals surface area contributed by atoms with Gasteiger partial charge in [0.25, 0.3) is 0 Å². The number of fused-ring (bicyclic) bond motifs is 3. The maximum Gasteiger partial charge on any atom is 0.150 e. The third-order valence-electron chi connectivity index (χ3n) is 9.36. The summed E-state index contributed by atoms with van der Waals surface area (Å²) in [6.07, 6.45) is 15.1. The molecular weight excluding hydrogens is 495 g/mol. The molecule has 2 unspecified atom stereocenters. The summed E-state index contributed by atoms with van der Waals surface area (Å²) in [5.74, 6) is 1.06. The third-order valence-corrected chi connectivity index (χ3v) is 9.36. The number of carbonyl (C=O) groups excluding carboxylic acids is 2. The van der Waals surface area contributed by atoms with E-state index in [-0.39, 0.29) is 30.2 Å². The highest BCUT2D eigenvalue weighted by Crippen LogP contribution is 2.55. The average Bonchev–Trinajstić information content (AvgIpc) is 3.89. The standard InChI is InChI=1S/C37H33FO2/c38-31-14-10-26(11-15-31)20-36(40)37(17-18-37)35(39)19-25-7-5-24(6-8-25)9-12-29-21-30-23-34(30)32-16-13-28(22-33(29)32)27-3-1-2-4-27/h1-3,5-8,10-11,13-16,21-22,30,34H,4,9,12,17-20,23H2. The number of hydrogen-bond acceptors (Lipinski definition) is 2. The fourth-order valence-corrected chi connectivity index (χ4v) is 6.59. The number of benzene rings is 3. The van der Waals surface area contributed by atoms with Gasteiger partial charge in [-0.15, -0.1) is 0 Å². The molecule has 0 N–H and O–H groups in total. The van der Waals surface area contributed by atoms with E-state index in [9.17, 15) is 14.0 Å². The van der Waals surface area contributed by atoms with Crippen LogP contribution in [0.5, 0.6) is 0 Å². The number of Topliss-reactive ketones (excluding diaryl/α,β-unsaturated/α-hetero) is 2. The van der Waals surface area contributed by atoms with Crippen molar-refractivity contribution in [3.8, 4) is 0 Å². The van der Waals surface area contributed by atoms with Gasteiger partial charge in [-0.1, -0.05) is 72.8 Å². The monoisotopic (exact) mass is 528 g/mol. The molecule has 0 radical (unpaired) electrons. The minimum absolute atomic E-state index is 0.0127. The van der Waals surface area contributed by atoms with Crippen LogP contribution in [0, 0.1) is 17.2 Å². The minimum atomic E-state index is -0.849. The van der Waals surface area contributed by atoms with Gasteiger partial charge in [0.15, 0.2) is 11.6 Å². The summed E-state index contributed by atoms with van der Waals surface area (Å²) in [6.45, 7) is 0. The van der Waals surface area contributed by atoms with Crippen LogP contribution >= 0.6 is 0 Å². The summed E-state index contributed by atoms with van der Waals surface area (Å²) in [6, 6.07) is 21.4. The summed E-state index contributed by atoms with van der Waals surface area (Å²) in [7, 11) is 0. The first-order valence-corrected chi connectivity index (χ1v) is 14.6. The molecule has 0 bridgehead atoms. The van der Waals surface area contributed by atoms with Crippen molar-refractivity contribution < 1.29 is 14.0 Å². The first-order valence-electron chi connectivity index (χ1n) is 14.6. The molecule has 7 rings (SSSR count). The van der Waals surface area contributed by atoms with E-state index >= 15 is 0 Å². The zero-order chi connectivity index (χ0) is 27.3. The van der Waals surface area contributed by atoms with Crippen molar-refractivity contribution in [2.45, 2.75) is 57.3 Å². The van der Waals surface area contributed by atoms with Crippen molar-refractivity contribution in [3.63, 3.8) is 0 Å².